The maximum absolute atomic E-state index is 13.5. The van der Waals surface area contributed by atoms with Crippen molar-refractivity contribution >= 4 is 51.8 Å². The van der Waals surface area contributed by atoms with Gasteiger partial charge in [0.1, 0.15) is 0 Å². The molecule has 1 heterocycles. The highest BCUT2D eigenvalue weighted by Gasteiger charge is 2.31. The predicted octanol–water partition coefficient (Wildman–Crippen LogP) is 6.92. The van der Waals surface area contributed by atoms with Gasteiger partial charge >= 0.3 is 6.18 Å². The number of amides is 2. The zero-order valence-corrected chi connectivity index (χ0v) is 25.1. The number of carbonyl (C=O) groups is 2. The van der Waals surface area contributed by atoms with E-state index in [1.54, 1.807) is 34.9 Å². The van der Waals surface area contributed by atoms with Crippen molar-refractivity contribution < 1.29 is 22.8 Å². The van der Waals surface area contributed by atoms with Crippen LogP contribution in [0.4, 0.5) is 18.9 Å². The Morgan fingerprint density at radius 2 is 1.70 bits per heavy atom. The average molecular weight is 643 g/mol. The lowest BCUT2D eigenvalue weighted by atomic mass is 9.81. The molecule has 0 bridgehead atoms. The van der Waals surface area contributed by atoms with Gasteiger partial charge in [-0.1, -0.05) is 59.8 Å². The first-order valence-electron chi connectivity index (χ1n) is 14.2. The molecule has 0 radical (unpaired) electrons. The van der Waals surface area contributed by atoms with Crippen molar-refractivity contribution in [3.05, 3.63) is 99.3 Å². The molecular weight excluding hydrogens is 613 g/mol. The van der Waals surface area contributed by atoms with Gasteiger partial charge in [-0.05, 0) is 73.6 Å². The minimum atomic E-state index is -4.53. The molecule has 1 aliphatic carbocycles. The molecule has 1 fully saturated rings. The van der Waals surface area contributed by atoms with Crippen molar-refractivity contribution in [2.45, 2.75) is 50.1 Å². The van der Waals surface area contributed by atoms with Gasteiger partial charge in [-0.15, -0.1) is 0 Å². The lowest BCUT2D eigenvalue weighted by Gasteiger charge is -2.28. The number of hydrogen-bond donors (Lipinski definition) is 2. The van der Waals surface area contributed by atoms with Gasteiger partial charge in [-0.3, -0.25) is 19.0 Å². The topological polar surface area (TPSA) is 93.1 Å². The highest BCUT2D eigenvalue weighted by molar-refractivity contribution is 7.99. The molecule has 1 aromatic heterocycles. The number of halogens is 4. The van der Waals surface area contributed by atoms with Crippen molar-refractivity contribution in [2.75, 3.05) is 11.1 Å². The number of aromatic nitrogens is 2. The zero-order chi connectivity index (χ0) is 31.3. The van der Waals surface area contributed by atoms with Gasteiger partial charge in [-0.25, -0.2) is 4.98 Å². The Morgan fingerprint density at radius 3 is 2.45 bits per heavy atom. The third kappa shape index (κ3) is 7.81. The van der Waals surface area contributed by atoms with Crippen LogP contribution in [0.5, 0.6) is 0 Å². The smallest absolute Gasteiger partial charge is 0.352 e. The molecule has 44 heavy (non-hydrogen) atoms. The molecule has 0 spiro atoms. The summed E-state index contributed by atoms with van der Waals surface area (Å²) in [5, 5.41) is 6.89. The molecule has 7 nitrogen and oxygen atoms in total. The molecule has 5 rings (SSSR count). The molecule has 1 aliphatic rings. The number of fused-ring (bicyclic) bond motifs is 1. The summed E-state index contributed by atoms with van der Waals surface area (Å²) in [7, 11) is 0. The number of carbonyl (C=O) groups excluding carboxylic acids is 2. The van der Waals surface area contributed by atoms with Crippen LogP contribution in [-0.2, 0) is 28.9 Å². The number of alkyl halides is 3. The number of thioether (sulfide) groups is 1. The van der Waals surface area contributed by atoms with Gasteiger partial charge in [0.25, 0.3) is 5.56 Å². The molecule has 0 atom stereocenters. The predicted molar refractivity (Wildman–Crippen MR) is 166 cm³/mol. The Hall–Kier alpha value is -3.83. The Labute approximate surface area is 261 Å². The minimum Gasteiger partial charge on any atom is -0.352 e. The van der Waals surface area contributed by atoms with Gasteiger partial charge in [0.2, 0.25) is 11.8 Å². The molecule has 2 N–H and O–H groups in total. The normalized spacial score (nSPS) is 16.9. The summed E-state index contributed by atoms with van der Waals surface area (Å²) in [6.45, 7) is 0.737. The van der Waals surface area contributed by atoms with Gasteiger partial charge in [0.15, 0.2) is 5.16 Å². The number of para-hydroxylation sites is 1. The molecule has 12 heteroatoms. The molecule has 230 valence electrons. The van der Waals surface area contributed by atoms with Gasteiger partial charge in [-0.2, -0.15) is 13.2 Å². The lowest BCUT2D eigenvalue weighted by Crippen LogP contribution is -2.34. The second-order valence-electron chi connectivity index (χ2n) is 10.8. The monoisotopic (exact) mass is 642 g/mol. The Balaban J connectivity index is 1.23. The second kappa shape index (κ2) is 13.9. The van der Waals surface area contributed by atoms with E-state index in [2.05, 4.69) is 15.6 Å². The first-order valence-corrected chi connectivity index (χ1v) is 15.6. The number of anilines is 1. The van der Waals surface area contributed by atoms with Crippen molar-refractivity contribution in [2.24, 2.45) is 11.8 Å². The van der Waals surface area contributed by atoms with Gasteiger partial charge < -0.3 is 10.6 Å². The van der Waals surface area contributed by atoms with Crippen LogP contribution in [0, 0.1) is 11.8 Å². The van der Waals surface area contributed by atoms with Crippen molar-refractivity contribution in [3.8, 4) is 0 Å². The lowest BCUT2D eigenvalue weighted by molar-refractivity contribution is -0.137. The summed E-state index contributed by atoms with van der Waals surface area (Å²) in [4.78, 5) is 43.7. The largest absolute Gasteiger partial charge is 0.416 e. The molecule has 0 unspecified atom stereocenters. The molecule has 0 aliphatic heterocycles. The van der Waals surface area contributed by atoms with Gasteiger partial charge in [0.05, 0.1) is 22.2 Å². The maximum atomic E-state index is 13.5. The molecular formula is C32H30ClF3N4O3S. The SMILES string of the molecule is O=C(CSc1nc2ccccc2c(=O)n1CC1CCC(C(=O)NCc2ccccc2Cl)CC1)Nc1cccc(C(F)(F)F)c1. The van der Waals surface area contributed by atoms with Crippen molar-refractivity contribution in [1.29, 1.82) is 0 Å². The Bertz CT molecular complexity index is 1720. The van der Waals surface area contributed by atoms with Crippen LogP contribution in [0.3, 0.4) is 0 Å². The van der Waals surface area contributed by atoms with E-state index in [-0.39, 0.29) is 34.7 Å². The first kappa shape index (κ1) is 31.6. The second-order valence-corrected chi connectivity index (χ2v) is 12.1. The number of nitrogens with one attached hydrogen (secondary N) is 2. The standard InChI is InChI=1S/C32H30ClF3N4O3S/c33-26-10-3-1-6-22(26)17-37-29(42)21-14-12-20(13-15-21)18-40-30(43)25-9-2-4-11-27(25)39-31(40)44-19-28(41)38-24-8-5-7-23(16-24)32(34,35)36/h1-11,16,20-21H,12-15,17-19H2,(H,37,42)(H,38,41). The molecule has 2 amide bonds. The highest BCUT2D eigenvalue weighted by atomic mass is 35.5. The number of benzene rings is 3. The molecule has 4 aromatic rings. The maximum Gasteiger partial charge on any atom is 0.416 e. The van der Waals surface area contributed by atoms with Crippen LogP contribution in [-0.4, -0.2) is 27.1 Å². The summed E-state index contributed by atoms with van der Waals surface area (Å²) in [5.74, 6) is -0.697. The van der Waals surface area contributed by atoms with E-state index >= 15 is 0 Å². The summed E-state index contributed by atoms with van der Waals surface area (Å²) in [6.07, 6.45) is -1.69. The van der Waals surface area contributed by atoms with E-state index in [0.29, 0.717) is 47.0 Å². The minimum absolute atomic E-state index is 0.0177. The summed E-state index contributed by atoms with van der Waals surface area (Å²) < 4.78 is 40.8. The van der Waals surface area contributed by atoms with Crippen molar-refractivity contribution in [3.63, 3.8) is 0 Å². The van der Waals surface area contributed by atoms with E-state index in [4.69, 9.17) is 11.6 Å². The van der Waals surface area contributed by atoms with Crippen LogP contribution < -0.4 is 16.2 Å². The van der Waals surface area contributed by atoms with E-state index in [0.717, 1.165) is 42.3 Å². The van der Waals surface area contributed by atoms with E-state index in [9.17, 15) is 27.6 Å². The fraction of sp³-hybridized carbons (Fsp3) is 0.312. The zero-order valence-electron chi connectivity index (χ0n) is 23.6. The molecule has 0 saturated heterocycles. The first-order chi connectivity index (χ1) is 21.1. The summed E-state index contributed by atoms with van der Waals surface area (Å²) >= 11 is 7.26. The third-order valence-electron chi connectivity index (χ3n) is 7.70. The quantitative estimate of drug-likeness (QED) is 0.153. The summed E-state index contributed by atoms with van der Waals surface area (Å²) in [6, 6.07) is 18.7. The van der Waals surface area contributed by atoms with Crippen LogP contribution >= 0.6 is 23.4 Å². The molecule has 1 saturated carbocycles. The number of nitrogens with zero attached hydrogens (tertiary/aromatic N) is 2. The van der Waals surface area contributed by atoms with Crippen LogP contribution in [0.1, 0.15) is 36.8 Å². The highest BCUT2D eigenvalue weighted by Crippen LogP contribution is 2.32. The number of rotatable bonds is 9. The van der Waals surface area contributed by atoms with Crippen LogP contribution in [0.25, 0.3) is 10.9 Å². The van der Waals surface area contributed by atoms with Crippen LogP contribution in [0.15, 0.2) is 82.7 Å². The van der Waals surface area contributed by atoms with E-state index in [1.165, 1.54) is 12.1 Å². The van der Waals surface area contributed by atoms with Crippen molar-refractivity contribution in [1.82, 2.24) is 14.9 Å². The summed E-state index contributed by atoms with van der Waals surface area (Å²) in [5.41, 5.74) is 0.292. The van der Waals surface area contributed by atoms with E-state index in [1.807, 2.05) is 18.2 Å². The Morgan fingerprint density at radius 1 is 0.977 bits per heavy atom. The molecule has 3 aromatic carbocycles. The number of hydrogen-bond acceptors (Lipinski definition) is 5. The fourth-order valence-corrected chi connectivity index (χ4v) is 6.36. The van der Waals surface area contributed by atoms with Crippen LogP contribution in [0.2, 0.25) is 5.02 Å². The third-order valence-corrected chi connectivity index (χ3v) is 9.05. The average Bonchev–Trinajstić information content (AvgIpc) is 3.01. The Kier molecular flexibility index (Phi) is 9.95. The van der Waals surface area contributed by atoms with E-state index < -0.39 is 17.6 Å². The van der Waals surface area contributed by atoms with Gasteiger partial charge in [0, 0.05) is 29.7 Å². The fourth-order valence-electron chi connectivity index (χ4n) is 5.35.